The Morgan fingerprint density at radius 3 is 2.61 bits per heavy atom. The summed E-state index contributed by atoms with van der Waals surface area (Å²) in [6, 6.07) is 2.76. The van der Waals surface area contributed by atoms with Gasteiger partial charge in [-0.25, -0.2) is 14.6 Å². The van der Waals surface area contributed by atoms with E-state index in [0.717, 1.165) is 6.42 Å². The zero-order valence-corrected chi connectivity index (χ0v) is 10.7. The van der Waals surface area contributed by atoms with Gasteiger partial charge in [0.2, 0.25) is 0 Å². The molecule has 0 radical (unpaired) electrons. The van der Waals surface area contributed by atoms with Gasteiger partial charge in [-0.1, -0.05) is 6.92 Å². The number of nitrogens with one attached hydrogen (secondary N) is 1. The van der Waals surface area contributed by atoms with Crippen LogP contribution in [0.3, 0.4) is 0 Å². The molecule has 1 aromatic rings. The highest BCUT2D eigenvalue weighted by atomic mass is 16.4. The van der Waals surface area contributed by atoms with E-state index in [4.69, 9.17) is 5.11 Å². The van der Waals surface area contributed by atoms with Crippen molar-refractivity contribution in [2.24, 2.45) is 0 Å². The van der Waals surface area contributed by atoms with Gasteiger partial charge in [-0.15, -0.1) is 0 Å². The van der Waals surface area contributed by atoms with Crippen molar-refractivity contribution in [3.63, 3.8) is 0 Å². The molecule has 1 atom stereocenters. The Bertz CT molecular complexity index is 431. The highest BCUT2D eigenvalue weighted by molar-refractivity contribution is 5.90. The number of aromatic carboxylic acids is 1. The second kappa shape index (κ2) is 6.00. The van der Waals surface area contributed by atoms with Crippen molar-refractivity contribution in [3.8, 4) is 0 Å². The fourth-order valence-corrected chi connectivity index (χ4v) is 1.28. The molecular weight excluding hydrogens is 234 g/mol. The zero-order chi connectivity index (χ0) is 13.7. The lowest BCUT2D eigenvalue weighted by Gasteiger charge is -2.23. The van der Waals surface area contributed by atoms with Gasteiger partial charge in [0.25, 0.3) is 0 Å². The van der Waals surface area contributed by atoms with Gasteiger partial charge < -0.3 is 15.3 Å². The third-order valence-electron chi connectivity index (χ3n) is 2.81. The molecule has 0 aliphatic carbocycles. The molecule has 0 spiro atoms. The minimum absolute atomic E-state index is 0.0525. The minimum atomic E-state index is -1.09. The lowest BCUT2D eigenvalue weighted by Crippen LogP contribution is -2.37. The summed E-state index contributed by atoms with van der Waals surface area (Å²) in [4.78, 5) is 27.7. The summed E-state index contributed by atoms with van der Waals surface area (Å²) in [6.45, 7) is 3.95. The average molecular weight is 251 g/mol. The summed E-state index contributed by atoms with van der Waals surface area (Å²) < 4.78 is 0. The van der Waals surface area contributed by atoms with Crippen molar-refractivity contribution in [1.82, 2.24) is 9.88 Å². The number of amides is 2. The predicted octanol–water partition coefficient (Wildman–Crippen LogP) is 2.04. The number of anilines is 1. The summed E-state index contributed by atoms with van der Waals surface area (Å²) in [6.07, 6.45) is 2.19. The quantitative estimate of drug-likeness (QED) is 0.857. The number of carboxylic acids is 1. The normalized spacial score (nSPS) is 11.7. The van der Waals surface area contributed by atoms with Crippen LogP contribution < -0.4 is 5.32 Å². The Morgan fingerprint density at radius 2 is 2.17 bits per heavy atom. The first-order valence-electron chi connectivity index (χ1n) is 5.68. The van der Waals surface area contributed by atoms with E-state index in [2.05, 4.69) is 10.3 Å². The van der Waals surface area contributed by atoms with E-state index in [-0.39, 0.29) is 17.8 Å². The topological polar surface area (TPSA) is 82.5 Å². The van der Waals surface area contributed by atoms with Crippen molar-refractivity contribution in [2.45, 2.75) is 26.3 Å². The van der Waals surface area contributed by atoms with Crippen LogP contribution >= 0.6 is 0 Å². The molecule has 98 valence electrons. The van der Waals surface area contributed by atoms with Gasteiger partial charge in [-0.05, 0) is 25.5 Å². The molecule has 0 aromatic carbocycles. The Morgan fingerprint density at radius 1 is 1.50 bits per heavy atom. The number of carboxylic acid groups (broad SMARTS) is 1. The second-order valence-corrected chi connectivity index (χ2v) is 4.04. The molecule has 1 unspecified atom stereocenters. The molecule has 18 heavy (non-hydrogen) atoms. The highest BCUT2D eigenvalue weighted by Crippen LogP contribution is 2.09. The SMILES string of the molecule is CCC(C)N(C)C(=O)Nc1ccc(C(=O)O)nc1. The summed E-state index contributed by atoms with van der Waals surface area (Å²) in [5.74, 6) is -1.09. The minimum Gasteiger partial charge on any atom is -0.477 e. The van der Waals surface area contributed by atoms with Gasteiger partial charge >= 0.3 is 12.0 Å². The van der Waals surface area contributed by atoms with Gasteiger partial charge in [0.15, 0.2) is 0 Å². The molecule has 0 saturated carbocycles. The molecule has 6 nitrogen and oxygen atoms in total. The number of nitrogens with zero attached hydrogens (tertiary/aromatic N) is 2. The maximum Gasteiger partial charge on any atom is 0.354 e. The van der Waals surface area contributed by atoms with Crippen LogP contribution in [-0.2, 0) is 0 Å². The first-order chi connectivity index (χ1) is 8.45. The van der Waals surface area contributed by atoms with Crippen LogP contribution in [0.15, 0.2) is 18.3 Å². The van der Waals surface area contributed by atoms with Gasteiger partial charge in [-0.3, -0.25) is 0 Å². The highest BCUT2D eigenvalue weighted by Gasteiger charge is 2.14. The van der Waals surface area contributed by atoms with Crippen molar-refractivity contribution >= 4 is 17.7 Å². The first kappa shape index (κ1) is 14.0. The van der Waals surface area contributed by atoms with Gasteiger partial charge in [0, 0.05) is 13.1 Å². The molecule has 0 fully saturated rings. The maximum absolute atomic E-state index is 11.8. The summed E-state index contributed by atoms with van der Waals surface area (Å²) in [7, 11) is 1.71. The Kier molecular flexibility index (Phi) is 4.65. The van der Waals surface area contributed by atoms with E-state index in [0.29, 0.717) is 5.69 Å². The van der Waals surface area contributed by atoms with E-state index in [1.54, 1.807) is 11.9 Å². The molecule has 1 rings (SSSR count). The van der Waals surface area contributed by atoms with Crippen LogP contribution in [0, 0.1) is 0 Å². The number of hydrogen-bond donors (Lipinski definition) is 2. The molecule has 0 bridgehead atoms. The smallest absolute Gasteiger partial charge is 0.354 e. The predicted molar refractivity (Wildman–Crippen MR) is 67.7 cm³/mol. The third-order valence-corrected chi connectivity index (χ3v) is 2.81. The van der Waals surface area contributed by atoms with Crippen LogP contribution in [0.2, 0.25) is 0 Å². The van der Waals surface area contributed by atoms with Crippen LogP contribution in [0.25, 0.3) is 0 Å². The molecule has 0 saturated heterocycles. The molecule has 1 heterocycles. The molecule has 0 aliphatic heterocycles. The van der Waals surface area contributed by atoms with E-state index < -0.39 is 5.97 Å². The molecule has 0 aliphatic rings. The summed E-state index contributed by atoms with van der Waals surface area (Å²) in [5, 5.41) is 11.3. The molecule has 6 heteroatoms. The number of pyridine rings is 1. The van der Waals surface area contributed by atoms with E-state index in [1.165, 1.54) is 18.3 Å². The lowest BCUT2D eigenvalue weighted by molar-refractivity contribution is 0.0690. The number of carbonyl (C=O) groups is 2. The number of aromatic nitrogens is 1. The van der Waals surface area contributed by atoms with Crippen LogP contribution in [0.4, 0.5) is 10.5 Å². The van der Waals surface area contributed by atoms with Crippen molar-refractivity contribution in [2.75, 3.05) is 12.4 Å². The Labute approximate surface area is 106 Å². The van der Waals surface area contributed by atoms with Gasteiger partial charge in [0.1, 0.15) is 5.69 Å². The Balaban J connectivity index is 2.67. The zero-order valence-electron chi connectivity index (χ0n) is 10.7. The first-order valence-corrected chi connectivity index (χ1v) is 5.68. The monoisotopic (exact) mass is 251 g/mol. The van der Waals surface area contributed by atoms with E-state index in [9.17, 15) is 9.59 Å². The van der Waals surface area contributed by atoms with Gasteiger partial charge in [0.05, 0.1) is 11.9 Å². The fourth-order valence-electron chi connectivity index (χ4n) is 1.28. The molecular formula is C12H17N3O3. The number of urea groups is 1. The van der Waals surface area contributed by atoms with Crippen LogP contribution in [0.1, 0.15) is 30.8 Å². The molecule has 1 aromatic heterocycles. The van der Waals surface area contributed by atoms with Crippen molar-refractivity contribution < 1.29 is 14.7 Å². The maximum atomic E-state index is 11.8. The number of hydrogen-bond acceptors (Lipinski definition) is 3. The molecule has 2 N–H and O–H groups in total. The van der Waals surface area contributed by atoms with Crippen molar-refractivity contribution in [1.29, 1.82) is 0 Å². The van der Waals surface area contributed by atoms with Crippen LogP contribution in [0.5, 0.6) is 0 Å². The molecule has 2 amide bonds. The van der Waals surface area contributed by atoms with Crippen LogP contribution in [-0.4, -0.2) is 40.1 Å². The number of carbonyl (C=O) groups excluding carboxylic acids is 1. The third kappa shape index (κ3) is 3.44. The number of rotatable bonds is 4. The largest absolute Gasteiger partial charge is 0.477 e. The van der Waals surface area contributed by atoms with Crippen molar-refractivity contribution in [3.05, 3.63) is 24.0 Å². The van der Waals surface area contributed by atoms with Gasteiger partial charge in [-0.2, -0.15) is 0 Å². The standard InChI is InChI=1S/C12H17N3O3/c1-4-8(2)15(3)12(18)14-9-5-6-10(11(16)17)13-7-9/h5-8H,4H2,1-3H3,(H,14,18)(H,16,17). The Hall–Kier alpha value is -2.11. The lowest BCUT2D eigenvalue weighted by atomic mass is 10.2. The summed E-state index contributed by atoms with van der Waals surface area (Å²) >= 11 is 0. The second-order valence-electron chi connectivity index (χ2n) is 4.04. The average Bonchev–Trinajstić information content (AvgIpc) is 2.37. The van der Waals surface area contributed by atoms with E-state index >= 15 is 0 Å². The fraction of sp³-hybridized carbons (Fsp3) is 0.417. The summed E-state index contributed by atoms with van der Waals surface area (Å²) in [5.41, 5.74) is 0.420. The van der Waals surface area contributed by atoms with E-state index in [1.807, 2.05) is 13.8 Å².